The summed E-state index contributed by atoms with van der Waals surface area (Å²) < 4.78 is 10.7. The molecule has 0 saturated carbocycles. The van der Waals surface area contributed by atoms with Crippen LogP contribution in [0.15, 0.2) is 18.2 Å². The number of hydrazine groups is 1. The van der Waals surface area contributed by atoms with Crippen LogP contribution in [0.4, 0.5) is 0 Å². The first-order valence-corrected chi connectivity index (χ1v) is 7.47. The van der Waals surface area contributed by atoms with Crippen LogP contribution in [0.5, 0.6) is 11.5 Å². The Balaban J connectivity index is 2.32. The maximum Gasteiger partial charge on any atom is 0.161 e. The van der Waals surface area contributed by atoms with Gasteiger partial charge in [0, 0.05) is 5.54 Å². The lowest BCUT2D eigenvalue weighted by Crippen LogP contribution is -2.53. The maximum atomic E-state index is 5.87. The van der Waals surface area contributed by atoms with Gasteiger partial charge in [-0.2, -0.15) is 0 Å². The van der Waals surface area contributed by atoms with Crippen LogP contribution in [0.1, 0.15) is 38.3 Å². The number of benzene rings is 1. The predicted octanol–water partition coefficient (Wildman–Crippen LogP) is 2.08. The second-order valence-electron chi connectivity index (χ2n) is 6.06. The Labute approximate surface area is 127 Å². The number of nitrogens with one attached hydrogen (secondary N) is 1. The molecule has 1 aromatic rings. The van der Waals surface area contributed by atoms with Gasteiger partial charge in [0.25, 0.3) is 0 Å². The molecule has 5 nitrogen and oxygen atoms in total. The number of methoxy groups -OCH3 is 2. The zero-order chi connectivity index (χ0) is 15.5. The lowest BCUT2D eigenvalue weighted by atomic mass is 9.87. The van der Waals surface area contributed by atoms with Gasteiger partial charge in [0.1, 0.15) is 0 Å². The van der Waals surface area contributed by atoms with Gasteiger partial charge in [-0.05, 0) is 57.5 Å². The summed E-state index contributed by atoms with van der Waals surface area (Å²) in [6.45, 7) is 6.72. The van der Waals surface area contributed by atoms with E-state index in [4.69, 9.17) is 15.3 Å². The van der Waals surface area contributed by atoms with Crippen LogP contribution >= 0.6 is 0 Å². The topological polar surface area (TPSA) is 59.8 Å². The molecular formula is C16H27N3O2. The number of hydrogen-bond donors (Lipinski definition) is 2. The van der Waals surface area contributed by atoms with Crippen LogP contribution in [0.3, 0.4) is 0 Å². The SMILES string of the molecule is COc1ccc(C(NN)C(C)(C)N2CCCC2)cc1OC. The van der Waals surface area contributed by atoms with Crippen LogP contribution in [-0.4, -0.2) is 37.7 Å². The highest BCUT2D eigenvalue weighted by molar-refractivity contribution is 5.44. The molecule has 1 atom stereocenters. The summed E-state index contributed by atoms with van der Waals surface area (Å²) in [6.07, 6.45) is 2.51. The molecule has 3 N–H and O–H groups in total. The van der Waals surface area contributed by atoms with Crippen molar-refractivity contribution < 1.29 is 9.47 Å². The molecule has 0 aliphatic carbocycles. The maximum absolute atomic E-state index is 5.87. The Morgan fingerprint density at radius 3 is 2.29 bits per heavy atom. The fraction of sp³-hybridized carbons (Fsp3) is 0.625. The molecule has 1 fully saturated rings. The lowest BCUT2D eigenvalue weighted by molar-refractivity contribution is 0.107. The Morgan fingerprint density at radius 1 is 1.14 bits per heavy atom. The Morgan fingerprint density at radius 2 is 1.76 bits per heavy atom. The van der Waals surface area contributed by atoms with Crippen LogP contribution in [0.25, 0.3) is 0 Å². The molecule has 1 aliphatic rings. The highest BCUT2D eigenvalue weighted by Gasteiger charge is 2.37. The van der Waals surface area contributed by atoms with E-state index in [1.165, 1.54) is 12.8 Å². The first kappa shape index (κ1) is 16.1. The van der Waals surface area contributed by atoms with E-state index in [1.54, 1.807) is 14.2 Å². The molecule has 0 bridgehead atoms. The van der Waals surface area contributed by atoms with Crippen molar-refractivity contribution in [3.63, 3.8) is 0 Å². The Kier molecular flexibility index (Phi) is 5.08. The van der Waals surface area contributed by atoms with Gasteiger partial charge in [-0.25, -0.2) is 0 Å². The summed E-state index contributed by atoms with van der Waals surface area (Å²) in [5, 5.41) is 0. The molecular weight excluding hydrogens is 266 g/mol. The van der Waals surface area contributed by atoms with Gasteiger partial charge in [-0.3, -0.25) is 16.2 Å². The van der Waals surface area contributed by atoms with Gasteiger partial charge < -0.3 is 9.47 Å². The van der Waals surface area contributed by atoms with Gasteiger partial charge in [0.15, 0.2) is 11.5 Å². The summed E-state index contributed by atoms with van der Waals surface area (Å²) in [5.41, 5.74) is 4.03. The fourth-order valence-corrected chi connectivity index (χ4v) is 3.22. The number of nitrogens with two attached hydrogens (primary N) is 1. The monoisotopic (exact) mass is 293 g/mol. The Bertz CT molecular complexity index is 471. The van der Waals surface area contributed by atoms with Crippen molar-refractivity contribution in [3.8, 4) is 11.5 Å². The lowest BCUT2D eigenvalue weighted by Gasteiger charge is -2.42. The van der Waals surface area contributed by atoms with Crippen LogP contribution in [-0.2, 0) is 0 Å². The number of ether oxygens (including phenoxy) is 2. The zero-order valence-corrected chi connectivity index (χ0v) is 13.5. The first-order chi connectivity index (χ1) is 10.0. The minimum atomic E-state index is -0.0646. The van der Waals surface area contributed by atoms with Gasteiger partial charge in [0.05, 0.1) is 20.3 Å². The van der Waals surface area contributed by atoms with E-state index >= 15 is 0 Å². The molecule has 21 heavy (non-hydrogen) atoms. The van der Waals surface area contributed by atoms with Gasteiger partial charge >= 0.3 is 0 Å². The third-order valence-electron chi connectivity index (χ3n) is 4.54. The van der Waals surface area contributed by atoms with Gasteiger partial charge in [-0.15, -0.1) is 0 Å². The van der Waals surface area contributed by atoms with Crippen molar-refractivity contribution in [2.45, 2.75) is 38.3 Å². The van der Waals surface area contributed by atoms with Crippen molar-refractivity contribution in [1.82, 2.24) is 10.3 Å². The third kappa shape index (κ3) is 3.15. The third-order valence-corrected chi connectivity index (χ3v) is 4.54. The normalized spacial score (nSPS) is 17.8. The van der Waals surface area contributed by atoms with Crippen molar-refractivity contribution >= 4 is 0 Å². The average molecular weight is 293 g/mol. The van der Waals surface area contributed by atoms with E-state index in [9.17, 15) is 0 Å². The summed E-state index contributed by atoms with van der Waals surface area (Å²) in [6, 6.07) is 6.00. The van der Waals surface area contributed by atoms with E-state index < -0.39 is 0 Å². The van der Waals surface area contributed by atoms with Gasteiger partial charge in [0.2, 0.25) is 0 Å². The summed E-state index contributed by atoms with van der Waals surface area (Å²) in [4.78, 5) is 2.49. The van der Waals surface area contributed by atoms with E-state index in [0.29, 0.717) is 0 Å². The molecule has 0 aromatic heterocycles. The largest absolute Gasteiger partial charge is 0.493 e. The minimum absolute atomic E-state index is 0.0235. The summed E-state index contributed by atoms with van der Waals surface area (Å²) in [5.74, 6) is 7.33. The van der Waals surface area contributed by atoms with E-state index in [1.807, 2.05) is 18.2 Å². The van der Waals surface area contributed by atoms with Crippen LogP contribution < -0.4 is 20.7 Å². The van der Waals surface area contributed by atoms with Crippen molar-refractivity contribution in [2.75, 3.05) is 27.3 Å². The van der Waals surface area contributed by atoms with Crippen molar-refractivity contribution in [2.24, 2.45) is 5.84 Å². The highest BCUT2D eigenvalue weighted by atomic mass is 16.5. The highest BCUT2D eigenvalue weighted by Crippen LogP contribution is 2.36. The second kappa shape index (κ2) is 6.64. The molecule has 2 rings (SSSR count). The molecule has 0 amide bonds. The number of hydrogen-bond acceptors (Lipinski definition) is 5. The van der Waals surface area contributed by atoms with Crippen LogP contribution in [0.2, 0.25) is 0 Å². The second-order valence-corrected chi connectivity index (χ2v) is 6.06. The average Bonchev–Trinajstić information content (AvgIpc) is 3.02. The Hall–Kier alpha value is -1.30. The number of rotatable bonds is 6. The van der Waals surface area contributed by atoms with E-state index in [0.717, 1.165) is 30.2 Å². The smallest absolute Gasteiger partial charge is 0.161 e. The molecule has 0 spiro atoms. The van der Waals surface area contributed by atoms with Gasteiger partial charge in [-0.1, -0.05) is 6.07 Å². The predicted molar refractivity (Wildman–Crippen MR) is 84.5 cm³/mol. The molecule has 1 unspecified atom stereocenters. The molecule has 1 heterocycles. The molecule has 1 aromatic carbocycles. The van der Waals surface area contributed by atoms with Crippen molar-refractivity contribution in [1.29, 1.82) is 0 Å². The molecule has 1 saturated heterocycles. The zero-order valence-electron chi connectivity index (χ0n) is 13.5. The molecule has 118 valence electrons. The minimum Gasteiger partial charge on any atom is -0.493 e. The molecule has 1 aliphatic heterocycles. The number of nitrogens with zero attached hydrogens (tertiary/aromatic N) is 1. The van der Waals surface area contributed by atoms with E-state index in [2.05, 4.69) is 24.2 Å². The summed E-state index contributed by atoms with van der Waals surface area (Å²) >= 11 is 0. The molecule has 0 radical (unpaired) electrons. The van der Waals surface area contributed by atoms with Crippen LogP contribution in [0, 0.1) is 0 Å². The number of likely N-dealkylation sites (tertiary alicyclic amines) is 1. The quantitative estimate of drug-likeness (QED) is 0.621. The standard InChI is InChI=1S/C16H27N3O2/c1-16(2,19-9-5-6-10-19)15(18-17)12-7-8-13(20-3)14(11-12)21-4/h7-8,11,15,18H,5-6,9-10,17H2,1-4H3. The van der Waals surface area contributed by atoms with E-state index in [-0.39, 0.29) is 11.6 Å². The fourth-order valence-electron chi connectivity index (χ4n) is 3.22. The van der Waals surface area contributed by atoms with Crippen molar-refractivity contribution in [3.05, 3.63) is 23.8 Å². The first-order valence-electron chi connectivity index (χ1n) is 7.47. The molecule has 5 heteroatoms. The summed E-state index contributed by atoms with van der Waals surface area (Å²) in [7, 11) is 3.29.